The molecule has 164 valence electrons. The molecule has 10 heteroatoms. The summed E-state index contributed by atoms with van der Waals surface area (Å²) in [6.45, 7) is 3.27. The topological polar surface area (TPSA) is 105 Å². The molecule has 0 saturated carbocycles. The van der Waals surface area contributed by atoms with E-state index in [0.717, 1.165) is 11.1 Å². The summed E-state index contributed by atoms with van der Waals surface area (Å²) in [5, 5.41) is 0. The van der Waals surface area contributed by atoms with Gasteiger partial charge in [-0.25, -0.2) is 0 Å². The number of hydrogen-bond acceptors (Lipinski definition) is 8. The molecule has 0 spiro atoms. The average molecular weight is 457 g/mol. The van der Waals surface area contributed by atoms with E-state index in [2.05, 4.69) is 0 Å². The first kappa shape index (κ1) is 22.9. The number of hydrogen-bond donors (Lipinski definition) is 0. The summed E-state index contributed by atoms with van der Waals surface area (Å²) in [4.78, 5) is 0.0000425. The molecule has 0 aliphatic carbocycles. The first-order valence-corrected chi connectivity index (χ1v) is 12.1. The van der Waals surface area contributed by atoms with Crippen molar-refractivity contribution in [1.82, 2.24) is 0 Å². The van der Waals surface area contributed by atoms with Gasteiger partial charge < -0.3 is 9.47 Å². The molecule has 1 heterocycles. The van der Waals surface area contributed by atoms with Gasteiger partial charge in [-0.2, -0.15) is 16.8 Å². The molecule has 1 fully saturated rings. The highest BCUT2D eigenvalue weighted by Gasteiger charge is 2.40. The Kier molecular flexibility index (Phi) is 6.95. The first-order chi connectivity index (χ1) is 14.1. The van der Waals surface area contributed by atoms with Crippen LogP contribution < -0.4 is 0 Å². The van der Waals surface area contributed by atoms with Crippen LogP contribution in [-0.2, 0) is 38.1 Å². The summed E-state index contributed by atoms with van der Waals surface area (Å²) < 4.78 is 71.3. The predicted octanol–water partition coefficient (Wildman–Crippen LogP) is 2.54. The summed E-state index contributed by atoms with van der Waals surface area (Å²) in [6, 6.07) is 12.4. The second kappa shape index (κ2) is 9.13. The molecule has 3 rings (SSSR count). The Hall–Kier alpha value is -1.82. The molecule has 3 atom stereocenters. The minimum atomic E-state index is -4.08. The summed E-state index contributed by atoms with van der Waals surface area (Å²) in [7, 11) is -6.71. The lowest BCUT2D eigenvalue weighted by Gasteiger charge is -2.18. The van der Waals surface area contributed by atoms with Crippen molar-refractivity contribution in [3.63, 3.8) is 0 Å². The standard InChI is InChI=1S/C20H24O8S2/c1-14-4-8-16(9-5-14)29(21,22)26-13-19-18(12-20(25-3)27-19)28-30(23,24)17-10-6-15(2)7-11-17/h4-11,18-20H,12-13H2,1-3H3/t18-,19-,20+/m0/s1. The van der Waals surface area contributed by atoms with E-state index in [-0.39, 0.29) is 16.2 Å². The molecular weight excluding hydrogens is 432 g/mol. The molecule has 0 unspecified atom stereocenters. The molecule has 0 N–H and O–H groups in total. The SMILES string of the molecule is CO[C@H]1C[C@H](OS(=O)(=O)c2ccc(C)cc2)[C@H](COS(=O)(=O)c2ccc(C)cc2)O1. The van der Waals surface area contributed by atoms with Gasteiger partial charge in [0, 0.05) is 13.5 Å². The zero-order valence-electron chi connectivity index (χ0n) is 16.8. The third-order valence-corrected chi connectivity index (χ3v) is 7.33. The maximum absolute atomic E-state index is 12.6. The van der Waals surface area contributed by atoms with E-state index in [1.165, 1.54) is 31.4 Å². The molecule has 2 aromatic carbocycles. The van der Waals surface area contributed by atoms with Crippen LogP contribution in [0.2, 0.25) is 0 Å². The van der Waals surface area contributed by atoms with Crippen LogP contribution in [0.15, 0.2) is 58.3 Å². The molecule has 0 aromatic heterocycles. The minimum absolute atomic E-state index is 0.000802. The molecular formula is C20H24O8S2. The van der Waals surface area contributed by atoms with E-state index >= 15 is 0 Å². The summed E-state index contributed by atoms with van der Waals surface area (Å²) in [5.74, 6) is 0. The van der Waals surface area contributed by atoms with Gasteiger partial charge in [0.15, 0.2) is 6.29 Å². The van der Waals surface area contributed by atoms with Crippen LogP contribution in [0.25, 0.3) is 0 Å². The van der Waals surface area contributed by atoms with Crippen LogP contribution in [0.3, 0.4) is 0 Å². The average Bonchev–Trinajstić information content (AvgIpc) is 3.08. The highest BCUT2D eigenvalue weighted by molar-refractivity contribution is 7.87. The fourth-order valence-electron chi connectivity index (χ4n) is 2.93. The van der Waals surface area contributed by atoms with E-state index in [0.29, 0.717) is 0 Å². The molecule has 8 nitrogen and oxygen atoms in total. The molecule has 0 radical (unpaired) electrons. The third kappa shape index (κ3) is 5.45. The molecule has 1 saturated heterocycles. The molecule has 1 aliphatic heterocycles. The fraction of sp³-hybridized carbons (Fsp3) is 0.400. The van der Waals surface area contributed by atoms with E-state index in [1.807, 2.05) is 13.8 Å². The Morgan fingerprint density at radius 3 is 1.87 bits per heavy atom. The number of benzene rings is 2. The number of methoxy groups -OCH3 is 1. The highest BCUT2D eigenvalue weighted by Crippen LogP contribution is 2.28. The second-order valence-electron chi connectivity index (χ2n) is 7.03. The van der Waals surface area contributed by atoms with Crippen molar-refractivity contribution in [2.24, 2.45) is 0 Å². The molecule has 30 heavy (non-hydrogen) atoms. The highest BCUT2D eigenvalue weighted by atomic mass is 32.2. The van der Waals surface area contributed by atoms with Gasteiger partial charge in [0.1, 0.15) is 12.2 Å². The smallest absolute Gasteiger partial charge is 0.297 e. The number of ether oxygens (including phenoxy) is 2. The van der Waals surface area contributed by atoms with Crippen molar-refractivity contribution in [2.75, 3.05) is 13.7 Å². The largest absolute Gasteiger partial charge is 0.356 e. The molecule has 0 bridgehead atoms. The van der Waals surface area contributed by atoms with Crippen LogP contribution in [0.1, 0.15) is 17.5 Å². The van der Waals surface area contributed by atoms with Gasteiger partial charge in [0.2, 0.25) is 0 Å². The summed E-state index contributed by atoms with van der Waals surface area (Å²) >= 11 is 0. The van der Waals surface area contributed by atoms with Gasteiger partial charge in [-0.15, -0.1) is 0 Å². The van der Waals surface area contributed by atoms with Crippen LogP contribution in [-0.4, -0.2) is 49.1 Å². The van der Waals surface area contributed by atoms with E-state index in [4.69, 9.17) is 17.8 Å². The van der Waals surface area contributed by atoms with Gasteiger partial charge >= 0.3 is 0 Å². The lowest BCUT2D eigenvalue weighted by molar-refractivity contribution is -0.123. The fourth-order valence-corrected chi connectivity index (χ4v) is 4.96. The van der Waals surface area contributed by atoms with Gasteiger partial charge in [-0.05, 0) is 38.1 Å². The summed E-state index contributed by atoms with van der Waals surface area (Å²) in [5.41, 5.74) is 1.82. The minimum Gasteiger partial charge on any atom is -0.356 e. The number of aryl methyl sites for hydroxylation is 2. The predicted molar refractivity (Wildman–Crippen MR) is 108 cm³/mol. The Bertz CT molecular complexity index is 1060. The molecule has 1 aliphatic rings. The van der Waals surface area contributed by atoms with Crippen molar-refractivity contribution in [3.05, 3.63) is 59.7 Å². The van der Waals surface area contributed by atoms with Gasteiger partial charge in [0.25, 0.3) is 20.2 Å². The Balaban J connectivity index is 1.72. The quantitative estimate of drug-likeness (QED) is 0.558. The monoisotopic (exact) mass is 456 g/mol. The zero-order valence-corrected chi connectivity index (χ0v) is 18.5. The Morgan fingerprint density at radius 1 is 0.867 bits per heavy atom. The van der Waals surface area contributed by atoms with E-state index < -0.39 is 45.3 Å². The van der Waals surface area contributed by atoms with Crippen LogP contribution in [0.5, 0.6) is 0 Å². The Labute approximate surface area is 177 Å². The first-order valence-electron chi connectivity index (χ1n) is 9.25. The maximum Gasteiger partial charge on any atom is 0.297 e. The summed E-state index contributed by atoms with van der Waals surface area (Å²) in [6.07, 6.45) is -2.54. The van der Waals surface area contributed by atoms with Gasteiger partial charge in [-0.1, -0.05) is 35.4 Å². The van der Waals surface area contributed by atoms with Crippen LogP contribution in [0.4, 0.5) is 0 Å². The van der Waals surface area contributed by atoms with Crippen molar-refractivity contribution >= 4 is 20.2 Å². The molecule has 0 amide bonds. The van der Waals surface area contributed by atoms with Crippen LogP contribution in [0, 0.1) is 13.8 Å². The van der Waals surface area contributed by atoms with Crippen LogP contribution >= 0.6 is 0 Å². The lowest BCUT2D eigenvalue weighted by atomic mass is 10.2. The van der Waals surface area contributed by atoms with Gasteiger partial charge in [0.05, 0.1) is 16.4 Å². The van der Waals surface area contributed by atoms with Crippen molar-refractivity contribution in [3.8, 4) is 0 Å². The molecule has 2 aromatic rings. The van der Waals surface area contributed by atoms with Gasteiger partial charge in [-0.3, -0.25) is 8.37 Å². The second-order valence-corrected chi connectivity index (χ2v) is 10.2. The van der Waals surface area contributed by atoms with Crippen molar-refractivity contribution in [2.45, 2.75) is 48.6 Å². The van der Waals surface area contributed by atoms with E-state index in [9.17, 15) is 16.8 Å². The van der Waals surface area contributed by atoms with Crippen molar-refractivity contribution in [1.29, 1.82) is 0 Å². The zero-order chi connectivity index (χ0) is 21.9. The normalized spacial score (nSPS) is 22.3. The maximum atomic E-state index is 12.6. The lowest BCUT2D eigenvalue weighted by Crippen LogP contribution is -2.32. The van der Waals surface area contributed by atoms with E-state index in [1.54, 1.807) is 24.3 Å². The Morgan fingerprint density at radius 2 is 1.37 bits per heavy atom. The van der Waals surface area contributed by atoms with Crippen molar-refractivity contribution < 1.29 is 34.7 Å². The number of rotatable bonds is 8. The third-order valence-electron chi connectivity index (χ3n) is 4.69.